The van der Waals surface area contributed by atoms with Crippen molar-refractivity contribution in [1.82, 2.24) is 5.32 Å². The molecule has 0 bridgehead atoms. The molecule has 1 heterocycles. The normalized spacial score (nSPS) is 22.0. The number of aliphatic carboxylic acids is 1. The zero-order valence-electron chi connectivity index (χ0n) is 12.4. The monoisotopic (exact) mass is 380 g/mol. The number of amides is 2. The van der Waals surface area contributed by atoms with Gasteiger partial charge < -0.3 is 15.3 Å². The van der Waals surface area contributed by atoms with E-state index in [-0.39, 0.29) is 30.7 Å². The summed E-state index contributed by atoms with van der Waals surface area (Å²) < 4.78 is 0.857. The van der Waals surface area contributed by atoms with Crippen LogP contribution in [-0.2, 0) is 14.4 Å². The average molecular weight is 381 g/mol. The number of carbonyl (C=O) groups excluding carboxylic acids is 2. The predicted molar refractivity (Wildman–Crippen MR) is 86.9 cm³/mol. The van der Waals surface area contributed by atoms with E-state index in [9.17, 15) is 19.5 Å². The van der Waals surface area contributed by atoms with Crippen molar-refractivity contribution in [2.24, 2.45) is 11.8 Å². The fourth-order valence-corrected chi connectivity index (χ4v) is 3.25. The first kappa shape index (κ1) is 16.0. The lowest BCUT2D eigenvalue weighted by atomic mass is 10.1. The molecule has 122 valence electrons. The summed E-state index contributed by atoms with van der Waals surface area (Å²) in [5.41, 5.74) is 0.733. The highest BCUT2D eigenvalue weighted by molar-refractivity contribution is 9.10. The van der Waals surface area contributed by atoms with Gasteiger partial charge in [-0.1, -0.05) is 22.0 Å². The number of carboxylic acid groups (broad SMARTS) is 1. The molecule has 2 amide bonds. The van der Waals surface area contributed by atoms with Crippen molar-refractivity contribution >= 4 is 39.4 Å². The number of rotatable bonds is 5. The highest BCUT2D eigenvalue weighted by Crippen LogP contribution is 2.33. The Morgan fingerprint density at radius 2 is 2.09 bits per heavy atom. The van der Waals surface area contributed by atoms with Crippen LogP contribution < -0.4 is 10.2 Å². The minimum atomic E-state index is -1.01. The molecular weight excluding hydrogens is 364 g/mol. The van der Waals surface area contributed by atoms with Crippen molar-refractivity contribution in [3.05, 3.63) is 28.7 Å². The van der Waals surface area contributed by atoms with E-state index in [2.05, 4.69) is 21.2 Å². The molecule has 0 spiro atoms. The Labute approximate surface area is 142 Å². The molecule has 3 rings (SSSR count). The quantitative estimate of drug-likeness (QED) is 0.814. The van der Waals surface area contributed by atoms with E-state index in [1.54, 1.807) is 4.90 Å². The van der Waals surface area contributed by atoms with E-state index in [0.717, 1.165) is 23.0 Å². The van der Waals surface area contributed by atoms with Crippen LogP contribution in [0.4, 0.5) is 5.69 Å². The Hall–Kier alpha value is -1.89. The summed E-state index contributed by atoms with van der Waals surface area (Å²) in [7, 11) is 0. The van der Waals surface area contributed by atoms with E-state index in [1.807, 2.05) is 24.3 Å². The van der Waals surface area contributed by atoms with Crippen LogP contribution in [0, 0.1) is 11.8 Å². The highest BCUT2D eigenvalue weighted by atomic mass is 79.9. The summed E-state index contributed by atoms with van der Waals surface area (Å²) in [6, 6.07) is 6.49. The summed E-state index contributed by atoms with van der Waals surface area (Å²) in [4.78, 5) is 37.3. The molecule has 0 aromatic heterocycles. The molecule has 1 aliphatic carbocycles. The SMILES string of the molecule is O=C(NC(C(=O)O)C1CC1)C1CC(=O)N(c2cccc(Br)c2)C1. The van der Waals surface area contributed by atoms with Crippen LogP contribution in [0.1, 0.15) is 19.3 Å². The van der Waals surface area contributed by atoms with Crippen molar-refractivity contribution in [3.63, 3.8) is 0 Å². The molecule has 23 heavy (non-hydrogen) atoms. The van der Waals surface area contributed by atoms with E-state index in [1.165, 1.54) is 0 Å². The Bertz CT molecular complexity index is 659. The smallest absolute Gasteiger partial charge is 0.326 e. The van der Waals surface area contributed by atoms with Crippen molar-refractivity contribution in [2.45, 2.75) is 25.3 Å². The number of anilines is 1. The zero-order chi connectivity index (χ0) is 16.6. The Morgan fingerprint density at radius 1 is 1.35 bits per heavy atom. The lowest BCUT2D eigenvalue weighted by Gasteiger charge is -2.18. The standard InChI is InChI=1S/C16H17BrN2O4/c17-11-2-1-3-12(7-11)19-8-10(6-13(19)20)15(21)18-14(16(22)23)9-4-5-9/h1-3,7,9-10,14H,4-6,8H2,(H,18,21)(H,22,23). The molecule has 1 aromatic carbocycles. The van der Waals surface area contributed by atoms with Crippen molar-refractivity contribution < 1.29 is 19.5 Å². The minimum Gasteiger partial charge on any atom is -0.480 e. The number of halogens is 1. The molecule has 2 aliphatic rings. The van der Waals surface area contributed by atoms with Gasteiger partial charge in [0.25, 0.3) is 0 Å². The topological polar surface area (TPSA) is 86.7 Å². The third-order valence-electron chi connectivity index (χ3n) is 4.27. The molecule has 2 atom stereocenters. The molecule has 6 nitrogen and oxygen atoms in total. The first-order valence-electron chi connectivity index (χ1n) is 7.55. The van der Waals surface area contributed by atoms with Gasteiger partial charge in [-0.25, -0.2) is 4.79 Å². The van der Waals surface area contributed by atoms with Gasteiger partial charge in [0, 0.05) is 23.1 Å². The van der Waals surface area contributed by atoms with Crippen molar-refractivity contribution in [2.75, 3.05) is 11.4 Å². The number of hydrogen-bond acceptors (Lipinski definition) is 3. The Balaban J connectivity index is 1.67. The number of hydrogen-bond donors (Lipinski definition) is 2. The van der Waals surface area contributed by atoms with E-state index in [4.69, 9.17) is 0 Å². The third-order valence-corrected chi connectivity index (χ3v) is 4.77. The van der Waals surface area contributed by atoms with Crippen LogP contribution in [0.5, 0.6) is 0 Å². The molecule has 2 unspecified atom stereocenters. The van der Waals surface area contributed by atoms with Gasteiger partial charge in [-0.15, -0.1) is 0 Å². The average Bonchev–Trinajstić information content (AvgIpc) is 3.26. The number of nitrogens with zero attached hydrogens (tertiary/aromatic N) is 1. The van der Waals surface area contributed by atoms with Crippen LogP contribution in [0.2, 0.25) is 0 Å². The first-order chi connectivity index (χ1) is 11.0. The van der Waals surface area contributed by atoms with Gasteiger partial charge in [0.2, 0.25) is 11.8 Å². The minimum absolute atomic E-state index is 0.0229. The van der Waals surface area contributed by atoms with Crippen LogP contribution >= 0.6 is 15.9 Å². The van der Waals surface area contributed by atoms with Crippen molar-refractivity contribution in [1.29, 1.82) is 0 Å². The Kier molecular flexibility index (Phi) is 4.39. The Morgan fingerprint density at radius 3 is 2.70 bits per heavy atom. The van der Waals surface area contributed by atoms with Gasteiger partial charge in [0.05, 0.1) is 5.92 Å². The second-order valence-corrected chi connectivity index (χ2v) is 6.96. The van der Waals surface area contributed by atoms with Gasteiger partial charge in [-0.05, 0) is 37.0 Å². The number of carboxylic acids is 1. The molecule has 2 N–H and O–H groups in total. The summed E-state index contributed by atoms with van der Waals surface area (Å²) in [6.07, 6.45) is 1.76. The fraction of sp³-hybridized carbons (Fsp3) is 0.438. The summed E-state index contributed by atoms with van der Waals surface area (Å²) >= 11 is 3.36. The molecule has 1 saturated carbocycles. The number of benzene rings is 1. The summed E-state index contributed by atoms with van der Waals surface area (Å²) in [5, 5.41) is 11.8. The summed E-state index contributed by atoms with van der Waals surface area (Å²) in [6.45, 7) is 0.276. The molecule has 0 radical (unpaired) electrons. The van der Waals surface area contributed by atoms with Crippen LogP contribution in [0.3, 0.4) is 0 Å². The lowest BCUT2D eigenvalue weighted by Crippen LogP contribution is -2.45. The maximum absolute atomic E-state index is 12.3. The predicted octanol–water partition coefficient (Wildman–Crippen LogP) is 1.78. The van der Waals surface area contributed by atoms with E-state index >= 15 is 0 Å². The van der Waals surface area contributed by atoms with Crippen molar-refractivity contribution in [3.8, 4) is 0 Å². The molecular formula is C16H17BrN2O4. The molecule has 1 aromatic rings. The lowest BCUT2D eigenvalue weighted by molar-refractivity contribution is -0.143. The van der Waals surface area contributed by atoms with Crippen LogP contribution in [0.25, 0.3) is 0 Å². The van der Waals surface area contributed by atoms with Gasteiger partial charge in [0.15, 0.2) is 0 Å². The van der Waals surface area contributed by atoms with Gasteiger partial charge in [0.1, 0.15) is 6.04 Å². The van der Waals surface area contributed by atoms with Gasteiger partial charge in [-0.3, -0.25) is 9.59 Å². The third kappa shape index (κ3) is 3.55. The zero-order valence-corrected chi connectivity index (χ0v) is 14.0. The van der Waals surface area contributed by atoms with Crippen LogP contribution in [-0.4, -0.2) is 35.5 Å². The second-order valence-electron chi connectivity index (χ2n) is 6.05. The largest absolute Gasteiger partial charge is 0.480 e. The molecule has 7 heteroatoms. The maximum Gasteiger partial charge on any atom is 0.326 e. The highest BCUT2D eigenvalue weighted by Gasteiger charge is 2.41. The molecule has 1 saturated heterocycles. The number of carbonyl (C=O) groups is 3. The van der Waals surface area contributed by atoms with Gasteiger partial charge >= 0.3 is 5.97 Å². The number of nitrogens with one attached hydrogen (secondary N) is 1. The van der Waals surface area contributed by atoms with E-state index in [0.29, 0.717) is 0 Å². The van der Waals surface area contributed by atoms with Gasteiger partial charge in [-0.2, -0.15) is 0 Å². The van der Waals surface area contributed by atoms with E-state index < -0.39 is 17.9 Å². The fourth-order valence-electron chi connectivity index (χ4n) is 2.86. The molecule has 1 aliphatic heterocycles. The second kappa shape index (κ2) is 6.31. The molecule has 2 fully saturated rings. The van der Waals surface area contributed by atoms with Crippen LogP contribution in [0.15, 0.2) is 28.7 Å². The maximum atomic E-state index is 12.3. The first-order valence-corrected chi connectivity index (χ1v) is 8.34. The summed E-state index contributed by atoms with van der Waals surface area (Å²) in [5.74, 6) is -1.97.